The first kappa shape index (κ1) is 28.2. The standard InChI is InChI=1S/C30H38F3N5/c1-3-24(4-2)28-22-27(35-29(36-28)25-10-14-34-15-11-25)13-19-38-17-5-16-37(20-21-38)18-12-23-6-8-26(9-7-23)30(31,32)33/h6-11,14-15,22,24H,3-5,12-13,16-21H2,1-2H3. The van der Waals surface area contributed by atoms with Crippen molar-refractivity contribution in [2.45, 2.75) is 58.0 Å². The highest BCUT2D eigenvalue weighted by Gasteiger charge is 2.30. The first-order valence-electron chi connectivity index (χ1n) is 13.7. The molecule has 1 aliphatic rings. The molecule has 0 saturated carbocycles. The fraction of sp³-hybridized carbons (Fsp3) is 0.500. The number of hydrogen-bond donors (Lipinski definition) is 0. The van der Waals surface area contributed by atoms with Gasteiger partial charge in [0.15, 0.2) is 5.82 Å². The van der Waals surface area contributed by atoms with Crippen molar-refractivity contribution < 1.29 is 13.2 Å². The van der Waals surface area contributed by atoms with Crippen molar-refractivity contribution in [2.24, 2.45) is 0 Å². The van der Waals surface area contributed by atoms with E-state index in [1.54, 1.807) is 24.5 Å². The molecule has 0 amide bonds. The summed E-state index contributed by atoms with van der Waals surface area (Å²) in [5.74, 6) is 1.20. The number of halogens is 3. The van der Waals surface area contributed by atoms with Crippen LogP contribution in [0.15, 0.2) is 54.9 Å². The Kier molecular flexibility index (Phi) is 9.86. The molecule has 1 fully saturated rings. The molecule has 3 heterocycles. The summed E-state index contributed by atoms with van der Waals surface area (Å²) in [6.45, 7) is 10.2. The summed E-state index contributed by atoms with van der Waals surface area (Å²) in [5.41, 5.74) is 3.55. The highest BCUT2D eigenvalue weighted by molar-refractivity contribution is 5.54. The molecule has 1 aliphatic heterocycles. The monoisotopic (exact) mass is 525 g/mol. The Morgan fingerprint density at radius 2 is 1.45 bits per heavy atom. The third-order valence-electron chi connectivity index (χ3n) is 7.50. The third kappa shape index (κ3) is 7.84. The lowest BCUT2D eigenvalue weighted by Gasteiger charge is -2.22. The molecule has 3 aromatic rings. The molecule has 0 aliphatic carbocycles. The normalized spacial score (nSPS) is 15.6. The number of hydrogen-bond acceptors (Lipinski definition) is 5. The van der Waals surface area contributed by atoms with Crippen LogP contribution in [0.5, 0.6) is 0 Å². The molecule has 0 unspecified atom stereocenters. The summed E-state index contributed by atoms with van der Waals surface area (Å²) < 4.78 is 38.4. The van der Waals surface area contributed by atoms with Gasteiger partial charge in [-0.25, -0.2) is 9.97 Å². The highest BCUT2D eigenvalue weighted by Crippen LogP contribution is 2.29. The van der Waals surface area contributed by atoms with Crippen LogP contribution in [0.4, 0.5) is 13.2 Å². The van der Waals surface area contributed by atoms with Crippen molar-refractivity contribution in [3.8, 4) is 11.4 Å². The molecule has 0 radical (unpaired) electrons. The van der Waals surface area contributed by atoms with E-state index < -0.39 is 11.7 Å². The molecule has 204 valence electrons. The van der Waals surface area contributed by atoms with E-state index in [1.165, 1.54) is 12.1 Å². The van der Waals surface area contributed by atoms with Crippen LogP contribution >= 0.6 is 0 Å². The Morgan fingerprint density at radius 3 is 2.05 bits per heavy atom. The Labute approximate surface area is 224 Å². The van der Waals surface area contributed by atoms with E-state index >= 15 is 0 Å². The SMILES string of the molecule is CCC(CC)c1cc(CCN2CCCN(CCc3ccc(C(F)(F)F)cc3)CC2)nc(-c2ccncc2)n1. The second-order valence-electron chi connectivity index (χ2n) is 10.1. The molecule has 2 aromatic heterocycles. The zero-order valence-electron chi connectivity index (χ0n) is 22.4. The number of aromatic nitrogens is 3. The van der Waals surface area contributed by atoms with Gasteiger partial charge in [0.25, 0.3) is 0 Å². The van der Waals surface area contributed by atoms with Gasteiger partial charge >= 0.3 is 6.18 Å². The van der Waals surface area contributed by atoms with E-state index in [4.69, 9.17) is 9.97 Å². The predicted molar refractivity (Wildman–Crippen MR) is 145 cm³/mol. The minimum absolute atomic E-state index is 0.425. The van der Waals surface area contributed by atoms with Gasteiger partial charge < -0.3 is 9.80 Å². The maximum Gasteiger partial charge on any atom is 0.416 e. The van der Waals surface area contributed by atoms with Gasteiger partial charge in [-0.2, -0.15) is 13.2 Å². The number of benzene rings is 1. The number of alkyl halides is 3. The molecular formula is C30H38F3N5. The average molecular weight is 526 g/mol. The van der Waals surface area contributed by atoms with Crippen molar-refractivity contribution >= 4 is 0 Å². The second-order valence-corrected chi connectivity index (χ2v) is 10.1. The molecule has 0 spiro atoms. The fourth-order valence-corrected chi connectivity index (χ4v) is 5.08. The molecule has 38 heavy (non-hydrogen) atoms. The van der Waals surface area contributed by atoms with Crippen molar-refractivity contribution in [1.82, 2.24) is 24.8 Å². The summed E-state index contributed by atoms with van der Waals surface area (Å²) in [6.07, 6.45) is 4.10. The molecule has 0 bridgehead atoms. The molecule has 0 N–H and O–H groups in total. The fourth-order valence-electron chi connectivity index (χ4n) is 5.08. The van der Waals surface area contributed by atoms with Crippen LogP contribution in [0, 0.1) is 0 Å². The van der Waals surface area contributed by atoms with Crippen LogP contribution in [-0.4, -0.2) is 64.0 Å². The number of pyridine rings is 1. The lowest BCUT2D eigenvalue weighted by molar-refractivity contribution is -0.137. The summed E-state index contributed by atoms with van der Waals surface area (Å²) in [5, 5.41) is 0. The molecule has 5 nitrogen and oxygen atoms in total. The second kappa shape index (κ2) is 13.3. The van der Waals surface area contributed by atoms with Crippen LogP contribution in [-0.2, 0) is 19.0 Å². The van der Waals surface area contributed by atoms with E-state index in [1.807, 2.05) is 12.1 Å². The van der Waals surface area contributed by atoms with E-state index in [2.05, 4.69) is 34.7 Å². The lowest BCUT2D eigenvalue weighted by Crippen LogP contribution is -2.33. The van der Waals surface area contributed by atoms with Gasteiger partial charge in [-0.3, -0.25) is 4.98 Å². The van der Waals surface area contributed by atoms with Gasteiger partial charge in [-0.05, 0) is 74.7 Å². The summed E-state index contributed by atoms with van der Waals surface area (Å²) in [6, 6.07) is 11.7. The summed E-state index contributed by atoms with van der Waals surface area (Å²) in [7, 11) is 0. The van der Waals surface area contributed by atoms with Crippen molar-refractivity contribution in [1.29, 1.82) is 0 Å². The number of rotatable bonds is 10. The van der Waals surface area contributed by atoms with E-state index in [-0.39, 0.29) is 0 Å². The van der Waals surface area contributed by atoms with Crippen LogP contribution in [0.3, 0.4) is 0 Å². The Balaban J connectivity index is 1.33. The van der Waals surface area contributed by atoms with Gasteiger partial charge in [0, 0.05) is 67.9 Å². The quantitative estimate of drug-likeness (QED) is 0.313. The smallest absolute Gasteiger partial charge is 0.302 e. The van der Waals surface area contributed by atoms with Crippen molar-refractivity contribution in [3.05, 3.63) is 77.4 Å². The molecule has 8 heteroatoms. The minimum Gasteiger partial charge on any atom is -0.302 e. The first-order chi connectivity index (χ1) is 18.4. The van der Waals surface area contributed by atoms with Gasteiger partial charge in [0.2, 0.25) is 0 Å². The van der Waals surface area contributed by atoms with Crippen molar-refractivity contribution in [3.63, 3.8) is 0 Å². The van der Waals surface area contributed by atoms with Gasteiger partial charge in [-0.15, -0.1) is 0 Å². The van der Waals surface area contributed by atoms with Crippen LogP contribution < -0.4 is 0 Å². The predicted octanol–water partition coefficient (Wildman–Crippen LogP) is 6.25. The maximum absolute atomic E-state index is 12.8. The van der Waals surface area contributed by atoms with Crippen LogP contribution in [0.1, 0.15) is 61.5 Å². The highest BCUT2D eigenvalue weighted by atomic mass is 19.4. The van der Waals surface area contributed by atoms with Crippen LogP contribution in [0.25, 0.3) is 11.4 Å². The average Bonchev–Trinajstić information content (AvgIpc) is 3.17. The Morgan fingerprint density at radius 1 is 0.816 bits per heavy atom. The maximum atomic E-state index is 12.8. The molecule has 4 rings (SSSR count). The van der Waals surface area contributed by atoms with E-state index in [9.17, 15) is 13.2 Å². The summed E-state index contributed by atoms with van der Waals surface area (Å²) >= 11 is 0. The zero-order chi connectivity index (χ0) is 27.0. The summed E-state index contributed by atoms with van der Waals surface area (Å²) in [4.78, 5) is 18.9. The van der Waals surface area contributed by atoms with E-state index in [0.717, 1.165) is 99.7 Å². The molecular weight excluding hydrogens is 487 g/mol. The minimum atomic E-state index is -4.28. The zero-order valence-corrected chi connectivity index (χ0v) is 22.4. The van der Waals surface area contributed by atoms with E-state index in [0.29, 0.717) is 5.92 Å². The Hall–Kier alpha value is -2.84. The number of nitrogens with zero attached hydrogens (tertiary/aromatic N) is 5. The van der Waals surface area contributed by atoms with Crippen LogP contribution in [0.2, 0.25) is 0 Å². The first-order valence-corrected chi connectivity index (χ1v) is 13.7. The Bertz CT molecular complexity index is 1130. The van der Waals surface area contributed by atoms with Gasteiger partial charge in [0.1, 0.15) is 0 Å². The molecule has 1 aromatic carbocycles. The van der Waals surface area contributed by atoms with Crippen molar-refractivity contribution in [2.75, 3.05) is 39.3 Å². The molecule has 0 atom stereocenters. The third-order valence-corrected chi connectivity index (χ3v) is 7.50. The van der Waals surface area contributed by atoms with Gasteiger partial charge in [0.05, 0.1) is 5.56 Å². The van der Waals surface area contributed by atoms with Gasteiger partial charge in [-0.1, -0.05) is 26.0 Å². The molecule has 1 saturated heterocycles. The largest absolute Gasteiger partial charge is 0.416 e. The lowest BCUT2D eigenvalue weighted by atomic mass is 9.98. The topological polar surface area (TPSA) is 45.2 Å².